The fourth-order valence-electron chi connectivity index (χ4n) is 2.81. The molecule has 1 saturated heterocycles. The molecule has 0 aliphatic carbocycles. The molecule has 0 spiro atoms. The smallest absolute Gasteiger partial charge is 0.336 e. The summed E-state index contributed by atoms with van der Waals surface area (Å²) >= 11 is 9.40. The van der Waals surface area contributed by atoms with E-state index in [1.54, 1.807) is 24.3 Å². The number of hydrogen-bond donors (Lipinski definition) is 1. The minimum absolute atomic E-state index is 0.232. The van der Waals surface area contributed by atoms with Gasteiger partial charge < -0.3 is 14.6 Å². The van der Waals surface area contributed by atoms with E-state index in [9.17, 15) is 9.90 Å². The Kier molecular flexibility index (Phi) is 4.97. The molecular weight excluding hydrogens is 396 g/mol. The molecule has 1 heterocycles. The first-order chi connectivity index (χ1) is 11.4. The van der Waals surface area contributed by atoms with E-state index in [4.69, 9.17) is 21.1 Å². The summed E-state index contributed by atoms with van der Waals surface area (Å²) in [4.78, 5) is 11.5. The van der Waals surface area contributed by atoms with Crippen LogP contribution in [-0.2, 0) is 15.3 Å². The molecule has 2 atom stereocenters. The van der Waals surface area contributed by atoms with E-state index < -0.39 is 17.9 Å². The number of carboxylic acids is 1. The zero-order valence-electron chi connectivity index (χ0n) is 13.0. The Hall–Kier alpha value is -1.40. The highest BCUT2D eigenvalue weighted by molar-refractivity contribution is 9.09. The summed E-state index contributed by atoms with van der Waals surface area (Å²) in [7, 11) is 0. The zero-order valence-corrected chi connectivity index (χ0v) is 15.3. The van der Waals surface area contributed by atoms with Crippen LogP contribution in [0.25, 0.3) is 0 Å². The van der Waals surface area contributed by atoms with Crippen molar-refractivity contribution in [1.82, 2.24) is 0 Å². The Labute approximate surface area is 153 Å². The molecule has 0 bridgehead atoms. The van der Waals surface area contributed by atoms with Gasteiger partial charge in [-0.25, -0.2) is 4.79 Å². The quantitative estimate of drug-likeness (QED) is 0.742. The van der Waals surface area contributed by atoms with E-state index in [2.05, 4.69) is 15.9 Å². The van der Waals surface area contributed by atoms with E-state index in [1.165, 1.54) is 0 Å². The molecule has 2 aromatic carbocycles. The predicted octanol–water partition coefficient (Wildman–Crippen LogP) is 4.68. The molecule has 4 nitrogen and oxygen atoms in total. The number of rotatable bonds is 4. The van der Waals surface area contributed by atoms with Gasteiger partial charge in [0.2, 0.25) is 5.79 Å². The maximum atomic E-state index is 11.5. The second kappa shape index (κ2) is 6.84. The number of benzene rings is 2. The Balaban J connectivity index is 1.96. The van der Waals surface area contributed by atoms with E-state index in [1.807, 2.05) is 25.1 Å². The van der Waals surface area contributed by atoms with Gasteiger partial charge in [-0.1, -0.05) is 57.4 Å². The van der Waals surface area contributed by atoms with Gasteiger partial charge in [0.15, 0.2) is 0 Å². The van der Waals surface area contributed by atoms with Crippen molar-refractivity contribution < 1.29 is 19.4 Å². The molecule has 1 N–H and O–H groups in total. The van der Waals surface area contributed by atoms with Crippen LogP contribution >= 0.6 is 27.5 Å². The molecule has 126 valence electrons. The maximum Gasteiger partial charge on any atom is 0.336 e. The lowest BCUT2D eigenvalue weighted by Crippen LogP contribution is -2.29. The molecule has 0 unspecified atom stereocenters. The summed E-state index contributed by atoms with van der Waals surface area (Å²) in [5.41, 5.74) is 2.66. The first-order valence-corrected chi connectivity index (χ1v) is 8.93. The number of carboxylic acid groups (broad SMARTS) is 1. The van der Waals surface area contributed by atoms with Crippen LogP contribution in [-0.4, -0.2) is 23.0 Å². The van der Waals surface area contributed by atoms with Gasteiger partial charge in [-0.3, -0.25) is 0 Å². The van der Waals surface area contributed by atoms with Crippen molar-refractivity contribution in [2.24, 2.45) is 0 Å². The lowest BCUT2D eigenvalue weighted by molar-refractivity contribution is -0.157. The van der Waals surface area contributed by atoms with Crippen molar-refractivity contribution in [2.75, 3.05) is 11.9 Å². The highest BCUT2D eigenvalue weighted by Crippen LogP contribution is 2.42. The van der Waals surface area contributed by atoms with Crippen LogP contribution in [0, 0.1) is 6.92 Å². The monoisotopic (exact) mass is 410 g/mol. The summed E-state index contributed by atoms with van der Waals surface area (Å²) in [5.74, 6) is -1.94. The SMILES string of the molecule is Cc1ccc(C(=O)O)c([C@H]2CO[C@](CBr)(c3ccc(Cl)cc3)O2)c1. The largest absolute Gasteiger partial charge is 0.478 e. The molecular formula is C18H16BrClO4. The van der Waals surface area contributed by atoms with Crippen LogP contribution in [0.15, 0.2) is 42.5 Å². The van der Waals surface area contributed by atoms with Crippen molar-refractivity contribution in [2.45, 2.75) is 18.8 Å². The third-order valence-electron chi connectivity index (χ3n) is 4.04. The Morgan fingerprint density at radius 3 is 2.67 bits per heavy atom. The van der Waals surface area contributed by atoms with Crippen LogP contribution < -0.4 is 0 Å². The lowest BCUT2D eigenvalue weighted by Gasteiger charge is -2.26. The molecule has 24 heavy (non-hydrogen) atoms. The van der Waals surface area contributed by atoms with Crippen LogP contribution in [0.4, 0.5) is 0 Å². The van der Waals surface area contributed by atoms with E-state index >= 15 is 0 Å². The van der Waals surface area contributed by atoms with Crippen molar-refractivity contribution in [1.29, 1.82) is 0 Å². The summed E-state index contributed by atoms with van der Waals surface area (Å²) in [5, 5.41) is 10.5. The van der Waals surface area contributed by atoms with Crippen LogP contribution in [0.3, 0.4) is 0 Å². The number of halogens is 2. The number of aryl methyl sites for hydroxylation is 1. The van der Waals surface area contributed by atoms with Gasteiger partial charge in [0, 0.05) is 10.6 Å². The van der Waals surface area contributed by atoms with Crippen molar-refractivity contribution in [3.05, 3.63) is 69.7 Å². The van der Waals surface area contributed by atoms with E-state index in [-0.39, 0.29) is 12.2 Å². The molecule has 1 aliphatic rings. The first-order valence-electron chi connectivity index (χ1n) is 7.43. The number of ether oxygens (including phenoxy) is 2. The number of alkyl halides is 1. The third kappa shape index (κ3) is 3.22. The predicted molar refractivity (Wildman–Crippen MR) is 94.8 cm³/mol. The first kappa shape index (κ1) is 17.4. The molecule has 3 rings (SSSR count). The Morgan fingerprint density at radius 2 is 2.04 bits per heavy atom. The number of aromatic carboxylic acids is 1. The third-order valence-corrected chi connectivity index (χ3v) is 5.04. The molecule has 6 heteroatoms. The fourth-order valence-corrected chi connectivity index (χ4v) is 3.55. The zero-order chi connectivity index (χ0) is 17.3. The number of carbonyl (C=O) groups is 1. The Bertz CT molecular complexity index is 762. The Morgan fingerprint density at radius 1 is 1.33 bits per heavy atom. The number of hydrogen-bond acceptors (Lipinski definition) is 3. The van der Waals surface area contributed by atoms with Crippen LogP contribution in [0.1, 0.15) is 33.2 Å². The molecule has 0 saturated carbocycles. The minimum Gasteiger partial charge on any atom is -0.478 e. The molecule has 0 radical (unpaired) electrons. The van der Waals surface area contributed by atoms with Gasteiger partial charge in [0.25, 0.3) is 0 Å². The highest BCUT2D eigenvalue weighted by atomic mass is 79.9. The van der Waals surface area contributed by atoms with Crippen LogP contribution in [0.2, 0.25) is 5.02 Å². The van der Waals surface area contributed by atoms with E-state index in [0.717, 1.165) is 11.1 Å². The van der Waals surface area contributed by atoms with Crippen molar-refractivity contribution in [3.63, 3.8) is 0 Å². The van der Waals surface area contributed by atoms with Gasteiger partial charge in [-0.2, -0.15) is 0 Å². The van der Waals surface area contributed by atoms with Gasteiger partial charge in [0.05, 0.1) is 17.5 Å². The second-order valence-electron chi connectivity index (χ2n) is 5.71. The van der Waals surface area contributed by atoms with Gasteiger partial charge in [-0.15, -0.1) is 0 Å². The fraction of sp³-hybridized carbons (Fsp3) is 0.278. The van der Waals surface area contributed by atoms with Crippen molar-refractivity contribution >= 4 is 33.5 Å². The van der Waals surface area contributed by atoms with Gasteiger partial charge in [-0.05, 0) is 30.7 Å². The second-order valence-corrected chi connectivity index (χ2v) is 6.70. The molecule has 1 aliphatic heterocycles. The van der Waals surface area contributed by atoms with E-state index in [0.29, 0.717) is 15.9 Å². The average Bonchev–Trinajstić information content (AvgIpc) is 3.01. The molecule has 1 fully saturated rings. The molecule has 0 amide bonds. The summed E-state index contributed by atoms with van der Waals surface area (Å²) < 4.78 is 12.1. The lowest BCUT2D eigenvalue weighted by atomic mass is 10.00. The highest BCUT2D eigenvalue weighted by Gasteiger charge is 2.43. The topological polar surface area (TPSA) is 55.8 Å². The van der Waals surface area contributed by atoms with Gasteiger partial charge in [0.1, 0.15) is 6.10 Å². The summed E-state index contributed by atoms with van der Waals surface area (Å²) in [6.07, 6.45) is -0.454. The van der Waals surface area contributed by atoms with Crippen molar-refractivity contribution in [3.8, 4) is 0 Å². The van der Waals surface area contributed by atoms with Gasteiger partial charge >= 0.3 is 5.97 Å². The minimum atomic E-state index is -0.976. The normalized spacial score (nSPS) is 23.4. The molecule has 0 aromatic heterocycles. The van der Waals surface area contributed by atoms with Crippen LogP contribution in [0.5, 0.6) is 0 Å². The molecule has 2 aromatic rings. The summed E-state index contributed by atoms with van der Waals surface area (Å²) in [6, 6.07) is 12.5. The maximum absolute atomic E-state index is 11.5. The summed E-state index contributed by atoms with van der Waals surface area (Å²) in [6.45, 7) is 2.19. The standard InChI is InChI=1S/C18H16BrClO4/c1-11-2-7-14(17(21)22)15(8-11)16-9-23-18(10-19,24-16)12-3-5-13(20)6-4-12/h2-8,16H,9-10H2,1H3,(H,21,22)/t16-,18+/m1/s1. The average molecular weight is 412 g/mol.